The van der Waals surface area contributed by atoms with E-state index in [2.05, 4.69) is 9.83 Å². The number of hydrogen-bond donors (Lipinski definition) is 2. The molecule has 10 heteroatoms. The predicted octanol–water partition coefficient (Wildman–Crippen LogP) is -0.408. The van der Waals surface area contributed by atoms with Crippen molar-refractivity contribution in [1.29, 1.82) is 0 Å². The highest BCUT2D eigenvalue weighted by Gasteiger charge is 2.25. The number of guanidine groups is 1. The highest BCUT2D eigenvalue weighted by atomic mass is 16.9. The number of aliphatic imine (C=N–C) groups is 1. The Kier molecular flexibility index (Phi) is 4.07. The summed E-state index contributed by atoms with van der Waals surface area (Å²) in [6.45, 7) is -0.198. The van der Waals surface area contributed by atoms with E-state index in [9.17, 15) is 14.9 Å². The van der Waals surface area contributed by atoms with Crippen LogP contribution in [-0.2, 0) is 4.84 Å². The van der Waals surface area contributed by atoms with E-state index in [1.165, 1.54) is 17.0 Å². The summed E-state index contributed by atoms with van der Waals surface area (Å²) in [6, 6.07) is 4.63. The molecule has 112 valence electrons. The quantitative estimate of drug-likeness (QED) is 0.325. The van der Waals surface area contributed by atoms with Gasteiger partial charge in [0, 0.05) is 12.6 Å². The van der Waals surface area contributed by atoms with Gasteiger partial charge in [-0.15, -0.1) is 10.1 Å². The molecule has 4 N–H and O–H groups in total. The van der Waals surface area contributed by atoms with E-state index in [0.717, 1.165) is 0 Å². The molecular formula is C11H13N5O5. The van der Waals surface area contributed by atoms with Crippen molar-refractivity contribution in [3.05, 3.63) is 33.9 Å². The second kappa shape index (κ2) is 5.94. The number of carbonyl (C=O) groups is 1. The fraction of sp³-hybridized carbons (Fsp3) is 0.273. The molecular weight excluding hydrogens is 282 g/mol. The average Bonchev–Trinajstić information content (AvgIpc) is 2.40. The van der Waals surface area contributed by atoms with Crippen molar-refractivity contribution in [2.75, 3.05) is 19.9 Å². The lowest BCUT2D eigenvalue weighted by atomic mass is 10.1. The maximum absolute atomic E-state index is 12.2. The zero-order chi connectivity index (χ0) is 15.4. The van der Waals surface area contributed by atoms with Crippen LogP contribution in [-0.4, -0.2) is 41.7 Å². The minimum Gasteiger partial charge on any atom is -0.472 e. The van der Waals surface area contributed by atoms with Gasteiger partial charge in [-0.2, -0.15) is 0 Å². The Morgan fingerprint density at radius 1 is 1.52 bits per heavy atom. The van der Waals surface area contributed by atoms with Crippen LogP contribution in [0.5, 0.6) is 5.75 Å². The molecule has 0 radical (unpaired) electrons. The molecule has 1 aliphatic heterocycles. The van der Waals surface area contributed by atoms with Crippen LogP contribution in [0.25, 0.3) is 0 Å². The lowest BCUT2D eigenvalue weighted by Gasteiger charge is -2.28. The number of benzene rings is 1. The van der Waals surface area contributed by atoms with Gasteiger partial charge in [-0.1, -0.05) is 0 Å². The van der Waals surface area contributed by atoms with Gasteiger partial charge in [-0.3, -0.25) is 4.79 Å². The van der Waals surface area contributed by atoms with Gasteiger partial charge in [0.05, 0.1) is 11.3 Å². The molecule has 1 amide bonds. The summed E-state index contributed by atoms with van der Waals surface area (Å²) in [5.41, 5.74) is 11.3. The van der Waals surface area contributed by atoms with Crippen LogP contribution in [0.3, 0.4) is 0 Å². The molecule has 0 fully saturated rings. The lowest BCUT2D eigenvalue weighted by Crippen LogP contribution is -2.40. The third kappa shape index (κ3) is 3.49. The molecule has 0 saturated heterocycles. The molecule has 0 aromatic heterocycles. The average molecular weight is 295 g/mol. The molecule has 1 heterocycles. The summed E-state index contributed by atoms with van der Waals surface area (Å²) >= 11 is 0. The van der Waals surface area contributed by atoms with E-state index in [-0.39, 0.29) is 31.7 Å². The van der Waals surface area contributed by atoms with Gasteiger partial charge in [-0.05, 0) is 12.1 Å². The smallest absolute Gasteiger partial charge is 0.294 e. The molecule has 0 aliphatic carbocycles. The Bertz CT molecular complexity index is 599. The standard InChI is InChI=1S/C11H13N5O5/c12-11(13)14-7-1-2-8-9(5-7)20-6-15(10(8)17)3-4-21-16(18)19/h1-2,5H,3-4,6H2,(H4,12,13,14). The molecule has 0 bridgehead atoms. The summed E-state index contributed by atoms with van der Waals surface area (Å²) in [7, 11) is 0. The Morgan fingerprint density at radius 2 is 2.29 bits per heavy atom. The van der Waals surface area contributed by atoms with Crippen molar-refractivity contribution < 1.29 is 19.5 Å². The van der Waals surface area contributed by atoms with Gasteiger partial charge in [0.15, 0.2) is 12.7 Å². The number of nitrogens with zero attached hydrogens (tertiary/aromatic N) is 3. The summed E-state index contributed by atoms with van der Waals surface area (Å²) in [6.07, 6.45) is 0. The Hall–Kier alpha value is -3.04. The molecule has 1 aromatic rings. The topological polar surface area (TPSA) is 146 Å². The Morgan fingerprint density at radius 3 is 2.95 bits per heavy atom. The van der Waals surface area contributed by atoms with Crippen LogP contribution in [0.15, 0.2) is 23.2 Å². The van der Waals surface area contributed by atoms with Gasteiger partial charge in [0.25, 0.3) is 11.0 Å². The van der Waals surface area contributed by atoms with Crippen LogP contribution in [0.4, 0.5) is 5.69 Å². The number of fused-ring (bicyclic) bond motifs is 1. The molecule has 21 heavy (non-hydrogen) atoms. The van der Waals surface area contributed by atoms with E-state index in [4.69, 9.17) is 16.2 Å². The zero-order valence-electron chi connectivity index (χ0n) is 10.9. The first-order valence-corrected chi connectivity index (χ1v) is 5.90. The Labute approximate surface area is 119 Å². The molecule has 1 aromatic carbocycles. The maximum atomic E-state index is 12.2. The van der Waals surface area contributed by atoms with E-state index in [1.807, 2.05) is 0 Å². The molecule has 10 nitrogen and oxygen atoms in total. The highest BCUT2D eigenvalue weighted by molar-refractivity contribution is 5.98. The van der Waals surface area contributed by atoms with E-state index in [1.54, 1.807) is 6.07 Å². The maximum Gasteiger partial charge on any atom is 0.294 e. The third-order valence-electron chi connectivity index (χ3n) is 2.67. The van der Waals surface area contributed by atoms with E-state index in [0.29, 0.717) is 17.0 Å². The first-order chi connectivity index (χ1) is 9.97. The van der Waals surface area contributed by atoms with E-state index < -0.39 is 5.09 Å². The van der Waals surface area contributed by atoms with Gasteiger partial charge in [-0.25, -0.2) is 4.99 Å². The predicted molar refractivity (Wildman–Crippen MR) is 71.4 cm³/mol. The fourth-order valence-electron chi connectivity index (χ4n) is 1.79. The highest BCUT2D eigenvalue weighted by Crippen LogP contribution is 2.29. The fourth-order valence-corrected chi connectivity index (χ4v) is 1.79. The van der Waals surface area contributed by atoms with Gasteiger partial charge in [0.2, 0.25) is 0 Å². The second-order valence-electron chi connectivity index (χ2n) is 4.12. The van der Waals surface area contributed by atoms with Crippen LogP contribution < -0.4 is 16.2 Å². The summed E-state index contributed by atoms with van der Waals surface area (Å²) in [5.74, 6) is -0.0518. The van der Waals surface area contributed by atoms with Crippen molar-refractivity contribution in [3.63, 3.8) is 0 Å². The van der Waals surface area contributed by atoms with Gasteiger partial charge < -0.3 is 25.9 Å². The van der Waals surface area contributed by atoms with Gasteiger partial charge in [0.1, 0.15) is 12.4 Å². The number of carbonyl (C=O) groups excluding carboxylic acids is 1. The molecule has 1 aliphatic rings. The zero-order valence-corrected chi connectivity index (χ0v) is 10.9. The van der Waals surface area contributed by atoms with Crippen molar-refractivity contribution in [1.82, 2.24) is 4.90 Å². The largest absolute Gasteiger partial charge is 0.472 e. The lowest BCUT2D eigenvalue weighted by molar-refractivity contribution is -0.757. The van der Waals surface area contributed by atoms with Gasteiger partial charge >= 0.3 is 0 Å². The van der Waals surface area contributed by atoms with Crippen molar-refractivity contribution in [3.8, 4) is 5.75 Å². The van der Waals surface area contributed by atoms with Crippen molar-refractivity contribution in [2.45, 2.75) is 0 Å². The summed E-state index contributed by atoms with van der Waals surface area (Å²) in [4.78, 5) is 31.5. The molecule has 0 saturated carbocycles. The third-order valence-corrected chi connectivity index (χ3v) is 2.67. The molecule has 2 rings (SSSR count). The van der Waals surface area contributed by atoms with Crippen molar-refractivity contribution >= 4 is 17.6 Å². The minimum atomic E-state index is -0.912. The normalized spacial score (nSPS) is 13.1. The second-order valence-corrected chi connectivity index (χ2v) is 4.12. The van der Waals surface area contributed by atoms with Crippen LogP contribution in [0.2, 0.25) is 0 Å². The van der Waals surface area contributed by atoms with Crippen molar-refractivity contribution in [2.24, 2.45) is 16.5 Å². The number of amides is 1. The number of hydrogen-bond acceptors (Lipinski definition) is 6. The van der Waals surface area contributed by atoms with Crippen LogP contribution in [0, 0.1) is 10.1 Å². The van der Waals surface area contributed by atoms with E-state index >= 15 is 0 Å². The summed E-state index contributed by atoms with van der Waals surface area (Å²) in [5, 5.41) is 9.15. The minimum absolute atomic E-state index is 0.0296. The van der Waals surface area contributed by atoms with Crippen LogP contribution >= 0.6 is 0 Å². The summed E-state index contributed by atoms with van der Waals surface area (Å²) < 4.78 is 5.42. The number of ether oxygens (including phenoxy) is 1. The monoisotopic (exact) mass is 295 g/mol. The number of nitrogens with two attached hydrogens (primary N) is 2. The molecule has 0 unspecified atom stereocenters. The first-order valence-electron chi connectivity index (χ1n) is 5.90. The SMILES string of the molecule is NC(N)=Nc1ccc2c(c1)OCN(CCO[N+](=O)[O-])C2=O. The molecule has 0 spiro atoms. The molecule has 0 atom stereocenters. The van der Waals surface area contributed by atoms with Crippen LogP contribution in [0.1, 0.15) is 10.4 Å². The number of rotatable bonds is 5. The Balaban J connectivity index is 2.09. The first kappa shape index (κ1) is 14.4.